The molecule has 0 unspecified atom stereocenters. The zero-order chi connectivity index (χ0) is 18.9. The van der Waals surface area contributed by atoms with Gasteiger partial charge in [-0.05, 0) is 62.4 Å². The predicted octanol–water partition coefficient (Wildman–Crippen LogP) is 2.79. The highest BCUT2D eigenvalue weighted by Crippen LogP contribution is 2.20. The van der Waals surface area contributed by atoms with Gasteiger partial charge in [0.2, 0.25) is 5.91 Å². The standard InChI is InChI=1S/C19H30N4O2S/c1-14-5-3-4-11-23(14)13-15-6-8-16(9-7-15)21-18(24)17(10-12-26-2)22-19(20)25/h6-9,14,17H,3-5,10-13H2,1-2H3,(H,21,24)(H3,20,22,25)/t14-,17-/m0/s1. The largest absolute Gasteiger partial charge is 0.352 e. The van der Waals surface area contributed by atoms with Crippen molar-refractivity contribution in [2.24, 2.45) is 5.73 Å². The molecule has 144 valence electrons. The molecule has 0 aliphatic carbocycles. The second-order valence-electron chi connectivity index (χ2n) is 6.84. The van der Waals surface area contributed by atoms with Crippen LogP contribution in [0.5, 0.6) is 0 Å². The molecule has 0 spiro atoms. The van der Waals surface area contributed by atoms with Crippen molar-refractivity contribution in [2.75, 3.05) is 23.9 Å². The van der Waals surface area contributed by atoms with Gasteiger partial charge in [-0.2, -0.15) is 11.8 Å². The van der Waals surface area contributed by atoms with Crippen molar-refractivity contribution in [3.63, 3.8) is 0 Å². The smallest absolute Gasteiger partial charge is 0.312 e. The van der Waals surface area contributed by atoms with Crippen LogP contribution in [0, 0.1) is 0 Å². The second-order valence-corrected chi connectivity index (χ2v) is 7.83. The lowest BCUT2D eigenvalue weighted by atomic mass is 10.0. The molecule has 2 rings (SSSR count). The molecule has 2 atom stereocenters. The van der Waals surface area contributed by atoms with Gasteiger partial charge in [-0.3, -0.25) is 9.69 Å². The van der Waals surface area contributed by atoms with Gasteiger partial charge >= 0.3 is 6.03 Å². The first kappa shape index (κ1) is 20.6. The van der Waals surface area contributed by atoms with Crippen LogP contribution in [0.2, 0.25) is 0 Å². The fourth-order valence-electron chi connectivity index (χ4n) is 3.23. The fourth-order valence-corrected chi connectivity index (χ4v) is 3.70. The lowest BCUT2D eigenvalue weighted by molar-refractivity contribution is -0.117. The van der Waals surface area contributed by atoms with E-state index < -0.39 is 12.1 Å². The lowest BCUT2D eigenvalue weighted by Crippen LogP contribution is -2.46. The third-order valence-electron chi connectivity index (χ3n) is 4.79. The van der Waals surface area contributed by atoms with Crippen LogP contribution in [-0.2, 0) is 11.3 Å². The molecule has 1 fully saturated rings. The van der Waals surface area contributed by atoms with E-state index in [0.717, 1.165) is 24.5 Å². The first-order chi connectivity index (χ1) is 12.5. The summed E-state index contributed by atoms with van der Waals surface area (Å²) in [5.41, 5.74) is 7.14. The van der Waals surface area contributed by atoms with Crippen molar-refractivity contribution >= 4 is 29.4 Å². The summed E-state index contributed by atoms with van der Waals surface area (Å²) in [6.07, 6.45) is 6.35. The highest BCUT2D eigenvalue weighted by molar-refractivity contribution is 7.98. The van der Waals surface area contributed by atoms with Gasteiger partial charge in [0.15, 0.2) is 0 Å². The third kappa shape index (κ3) is 6.53. The summed E-state index contributed by atoms with van der Waals surface area (Å²) < 4.78 is 0. The van der Waals surface area contributed by atoms with E-state index in [2.05, 4.69) is 34.6 Å². The number of rotatable bonds is 8. The molecule has 0 bridgehead atoms. The maximum Gasteiger partial charge on any atom is 0.312 e. The second kappa shape index (κ2) is 10.4. The molecule has 0 saturated carbocycles. The van der Waals surface area contributed by atoms with Gasteiger partial charge in [0, 0.05) is 18.3 Å². The number of nitrogens with two attached hydrogens (primary N) is 1. The summed E-state index contributed by atoms with van der Waals surface area (Å²) >= 11 is 1.62. The highest BCUT2D eigenvalue weighted by atomic mass is 32.2. The summed E-state index contributed by atoms with van der Waals surface area (Å²) in [5.74, 6) is 0.529. The monoisotopic (exact) mass is 378 g/mol. The summed E-state index contributed by atoms with van der Waals surface area (Å²) in [6.45, 7) is 4.37. The first-order valence-electron chi connectivity index (χ1n) is 9.18. The SMILES string of the molecule is CSCC[C@H](NC(N)=O)C(=O)Nc1ccc(CN2CCCC[C@@H]2C)cc1. The van der Waals surface area contributed by atoms with Gasteiger partial charge in [-0.15, -0.1) is 0 Å². The average Bonchev–Trinajstić information content (AvgIpc) is 2.62. The Morgan fingerprint density at radius 2 is 2.04 bits per heavy atom. The number of nitrogens with zero attached hydrogens (tertiary/aromatic N) is 1. The predicted molar refractivity (Wildman–Crippen MR) is 108 cm³/mol. The number of carbonyl (C=O) groups is 2. The number of anilines is 1. The number of carbonyl (C=O) groups excluding carboxylic acids is 2. The Bertz CT molecular complexity index is 594. The van der Waals surface area contributed by atoms with Crippen LogP contribution in [0.3, 0.4) is 0 Å². The van der Waals surface area contributed by atoms with E-state index >= 15 is 0 Å². The molecular weight excluding hydrogens is 348 g/mol. The summed E-state index contributed by atoms with van der Waals surface area (Å²) in [4.78, 5) is 26.0. The number of amides is 3. The van der Waals surface area contributed by atoms with Gasteiger partial charge in [-0.1, -0.05) is 18.6 Å². The van der Waals surface area contributed by atoms with Crippen LogP contribution in [0.4, 0.5) is 10.5 Å². The van der Waals surface area contributed by atoms with Gasteiger partial charge in [0.25, 0.3) is 0 Å². The number of hydrogen-bond acceptors (Lipinski definition) is 4. The molecule has 1 saturated heterocycles. The molecule has 0 radical (unpaired) electrons. The maximum atomic E-state index is 12.4. The minimum absolute atomic E-state index is 0.241. The van der Waals surface area contributed by atoms with Gasteiger partial charge < -0.3 is 16.4 Å². The average molecular weight is 379 g/mol. The van der Waals surface area contributed by atoms with Crippen molar-refractivity contribution in [2.45, 2.75) is 51.2 Å². The Kier molecular flexibility index (Phi) is 8.25. The number of hydrogen-bond donors (Lipinski definition) is 3. The van der Waals surface area contributed by atoms with Crippen molar-refractivity contribution in [1.29, 1.82) is 0 Å². The Labute approximate surface area is 160 Å². The van der Waals surface area contributed by atoms with Crippen LogP contribution in [0.25, 0.3) is 0 Å². The Morgan fingerprint density at radius 3 is 2.65 bits per heavy atom. The number of piperidine rings is 1. The lowest BCUT2D eigenvalue weighted by Gasteiger charge is -2.33. The zero-order valence-electron chi connectivity index (χ0n) is 15.7. The van der Waals surface area contributed by atoms with E-state index in [9.17, 15) is 9.59 Å². The van der Waals surface area contributed by atoms with Crippen LogP contribution < -0.4 is 16.4 Å². The van der Waals surface area contributed by atoms with Gasteiger partial charge in [-0.25, -0.2) is 4.79 Å². The first-order valence-corrected chi connectivity index (χ1v) is 10.6. The van der Waals surface area contributed by atoms with E-state index in [4.69, 9.17) is 5.73 Å². The molecule has 6 nitrogen and oxygen atoms in total. The molecular formula is C19H30N4O2S. The molecule has 1 aliphatic heterocycles. The van der Waals surface area contributed by atoms with Crippen LogP contribution in [-0.4, -0.2) is 47.5 Å². The van der Waals surface area contributed by atoms with Gasteiger partial charge in [0.1, 0.15) is 6.04 Å². The van der Waals surface area contributed by atoms with Crippen LogP contribution in [0.15, 0.2) is 24.3 Å². The van der Waals surface area contributed by atoms with E-state index in [-0.39, 0.29) is 5.91 Å². The molecule has 26 heavy (non-hydrogen) atoms. The summed E-state index contributed by atoms with van der Waals surface area (Å²) in [6, 6.07) is 7.26. The van der Waals surface area contributed by atoms with Crippen molar-refractivity contribution in [1.82, 2.24) is 10.2 Å². The van der Waals surface area contributed by atoms with Crippen molar-refractivity contribution in [3.8, 4) is 0 Å². The number of thioether (sulfide) groups is 1. The molecule has 4 N–H and O–H groups in total. The Morgan fingerprint density at radius 1 is 1.31 bits per heavy atom. The van der Waals surface area contributed by atoms with Crippen LogP contribution in [0.1, 0.15) is 38.2 Å². The fraction of sp³-hybridized carbons (Fsp3) is 0.579. The molecule has 1 aliphatic rings. The quantitative estimate of drug-likeness (QED) is 0.649. The molecule has 3 amide bonds. The third-order valence-corrected chi connectivity index (χ3v) is 5.44. The topological polar surface area (TPSA) is 87.5 Å². The maximum absolute atomic E-state index is 12.4. The number of benzene rings is 1. The molecule has 1 heterocycles. The molecule has 7 heteroatoms. The van der Waals surface area contributed by atoms with Crippen molar-refractivity contribution in [3.05, 3.63) is 29.8 Å². The molecule has 1 aromatic carbocycles. The summed E-state index contributed by atoms with van der Waals surface area (Å²) in [5, 5.41) is 5.38. The normalized spacial score (nSPS) is 18.9. The minimum Gasteiger partial charge on any atom is -0.352 e. The van der Waals surface area contributed by atoms with E-state index in [1.165, 1.54) is 24.8 Å². The van der Waals surface area contributed by atoms with E-state index in [0.29, 0.717) is 12.5 Å². The Hall–Kier alpha value is -1.73. The molecule has 1 aromatic rings. The Balaban J connectivity index is 1.92. The van der Waals surface area contributed by atoms with E-state index in [1.807, 2.05) is 18.4 Å². The zero-order valence-corrected chi connectivity index (χ0v) is 16.5. The highest BCUT2D eigenvalue weighted by Gasteiger charge is 2.20. The number of likely N-dealkylation sites (tertiary alicyclic amines) is 1. The molecule has 0 aromatic heterocycles. The number of primary amides is 1. The number of urea groups is 1. The van der Waals surface area contributed by atoms with E-state index in [1.54, 1.807) is 11.8 Å². The van der Waals surface area contributed by atoms with Gasteiger partial charge in [0.05, 0.1) is 0 Å². The van der Waals surface area contributed by atoms with Crippen molar-refractivity contribution < 1.29 is 9.59 Å². The van der Waals surface area contributed by atoms with Crippen LogP contribution >= 0.6 is 11.8 Å². The summed E-state index contributed by atoms with van der Waals surface area (Å²) in [7, 11) is 0. The number of nitrogens with one attached hydrogen (secondary N) is 2. The minimum atomic E-state index is -0.683.